The summed E-state index contributed by atoms with van der Waals surface area (Å²) in [5.74, 6) is -0.913. The maximum atomic E-state index is 12.9. The van der Waals surface area contributed by atoms with Crippen LogP contribution in [0, 0.1) is 0 Å². The molecular weight excluding hydrogens is 949 g/mol. The highest BCUT2D eigenvalue weighted by Gasteiger charge is 2.19. The third-order valence-corrected chi connectivity index (χ3v) is 13.8. The van der Waals surface area contributed by atoms with Gasteiger partial charge in [0.1, 0.15) is 13.2 Å². The van der Waals surface area contributed by atoms with Crippen LogP contribution in [0.25, 0.3) is 0 Å². The van der Waals surface area contributed by atoms with Gasteiger partial charge in [0, 0.05) is 19.3 Å². The number of hydrogen-bond donors (Lipinski definition) is 0. The highest BCUT2D eigenvalue weighted by Crippen LogP contribution is 2.16. The molecule has 0 N–H and O–H groups in total. The fourth-order valence-electron chi connectivity index (χ4n) is 8.92. The standard InChI is InChI=1S/C71H120O6/c1-4-7-10-13-16-19-22-25-28-30-31-32-33-34-35-36-37-38-39-40-41-42-44-46-49-52-55-58-61-64-70(73)76-67-68(66-75-69(72)63-60-57-54-51-48-45-27-24-21-18-15-12-9-6-3)77-71(74)65-62-59-56-53-50-47-43-29-26-23-20-17-14-11-8-5-2/h7,10,16,19,25,28-29,31-32,34-35,37-38,40-41,43-44,46,68H,4-6,8-9,11-15,17-18,20-24,26-27,30,33,36,39,42,45,47-67H2,1-3H3/b10-7-,19-16-,28-25-,32-31-,35-34-,38-37-,41-40-,43-29-,46-44-. The van der Waals surface area contributed by atoms with Gasteiger partial charge in [0.25, 0.3) is 0 Å². The monoisotopic (exact) mass is 1070 g/mol. The van der Waals surface area contributed by atoms with Crippen LogP contribution in [0.15, 0.2) is 109 Å². The second-order valence-corrected chi connectivity index (χ2v) is 21.3. The molecule has 0 radical (unpaired) electrons. The molecule has 0 amide bonds. The molecule has 0 aliphatic heterocycles. The Hall–Kier alpha value is -3.93. The molecule has 0 bridgehead atoms. The molecule has 0 aromatic carbocycles. The van der Waals surface area contributed by atoms with Crippen molar-refractivity contribution in [1.29, 1.82) is 0 Å². The lowest BCUT2D eigenvalue weighted by molar-refractivity contribution is -0.167. The minimum atomic E-state index is -0.794. The van der Waals surface area contributed by atoms with E-state index < -0.39 is 6.10 Å². The van der Waals surface area contributed by atoms with Crippen molar-refractivity contribution in [1.82, 2.24) is 0 Å². The van der Waals surface area contributed by atoms with Crippen LogP contribution in [0.1, 0.15) is 303 Å². The van der Waals surface area contributed by atoms with E-state index in [4.69, 9.17) is 14.2 Å². The van der Waals surface area contributed by atoms with E-state index in [9.17, 15) is 14.4 Å². The van der Waals surface area contributed by atoms with Gasteiger partial charge in [0.15, 0.2) is 6.10 Å². The molecule has 0 heterocycles. The van der Waals surface area contributed by atoms with Crippen molar-refractivity contribution in [2.45, 2.75) is 309 Å². The van der Waals surface area contributed by atoms with E-state index in [1.165, 1.54) is 128 Å². The molecule has 6 nitrogen and oxygen atoms in total. The summed E-state index contributed by atoms with van der Waals surface area (Å²) in [5, 5.41) is 0. The SMILES string of the molecule is CC/C=C\C/C=C\C/C=C\C/C=C\C/C=C\C/C=C\C/C=C\C/C=C\CCCCCCC(=O)OCC(COC(=O)CCCCCCCCCCCCCCCC)OC(=O)CCCCCCC/C=C\CCCCCCCCC. The third kappa shape index (κ3) is 62.8. The number of carbonyl (C=O) groups is 3. The first-order chi connectivity index (χ1) is 38.0. The topological polar surface area (TPSA) is 78.9 Å². The summed E-state index contributed by atoms with van der Waals surface area (Å²) in [4.78, 5) is 38.3. The Morgan fingerprint density at radius 2 is 0.506 bits per heavy atom. The smallest absolute Gasteiger partial charge is 0.306 e. The quantitative estimate of drug-likeness (QED) is 0.0261. The number of rotatable bonds is 58. The average molecular weight is 1070 g/mol. The molecule has 0 spiro atoms. The minimum absolute atomic E-state index is 0.0876. The summed E-state index contributed by atoms with van der Waals surface area (Å²) in [6, 6.07) is 0. The molecule has 6 heteroatoms. The maximum absolute atomic E-state index is 12.9. The van der Waals surface area contributed by atoms with E-state index in [1.807, 2.05) is 0 Å². The van der Waals surface area contributed by atoms with Gasteiger partial charge in [-0.15, -0.1) is 0 Å². The molecule has 440 valence electrons. The molecule has 1 unspecified atom stereocenters. The van der Waals surface area contributed by atoms with Crippen LogP contribution in [-0.4, -0.2) is 37.2 Å². The van der Waals surface area contributed by atoms with Gasteiger partial charge in [-0.2, -0.15) is 0 Å². The van der Waals surface area contributed by atoms with Gasteiger partial charge in [0.05, 0.1) is 0 Å². The summed E-state index contributed by atoms with van der Waals surface area (Å²) >= 11 is 0. The minimum Gasteiger partial charge on any atom is -0.462 e. The van der Waals surface area contributed by atoms with Gasteiger partial charge in [-0.3, -0.25) is 14.4 Å². The van der Waals surface area contributed by atoms with E-state index >= 15 is 0 Å². The normalized spacial score (nSPS) is 12.8. The molecular formula is C71H120O6. The summed E-state index contributed by atoms with van der Waals surface area (Å²) in [6.45, 7) is 6.52. The van der Waals surface area contributed by atoms with Crippen LogP contribution in [0.5, 0.6) is 0 Å². The van der Waals surface area contributed by atoms with Crippen LogP contribution in [0.2, 0.25) is 0 Å². The van der Waals surface area contributed by atoms with Crippen molar-refractivity contribution in [3.05, 3.63) is 109 Å². The summed E-state index contributed by atoms with van der Waals surface area (Å²) in [5.41, 5.74) is 0. The number of hydrogen-bond acceptors (Lipinski definition) is 6. The second kappa shape index (κ2) is 64.6. The average Bonchev–Trinajstić information content (AvgIpc) is 3.43. The molecule has 0 fully saturated rings. The first-order valence-corrected chi connectivity index (χ1v) is 32.4. The molecule has 0 saturated carbocycles. The number of ether oxygens (including phenoxy) is 3. The van der Waals surface area contributed by atoms with E-state index in [0.29, 0.717) is 19.3 Å². The van der Waals surface area contributed by atoms with Crippen LogP contribution < -0.4 is 0 Å². The predicted octanol–water partition coefficient (Wildman–Crippen LogP) is 22.2. The van der Waals surface area contributed by atoms with Gasteiger partial charge in [-0.1, -0.05) is 284 Å². The second-order valence-electron chi connectivity index (χ2n) is 21.3. The molecule has 0 aliphatic carbocycles. The molecule has 0 aromatic heterocycles. The van der Waals surface area contributed by atoms with Gasteiger partial charge in [-0.25, -0.2) is 0 Å². The first-order valence-electron chi connectivity index (χ1n) is 32.4. The Morgan fingerprint density at radius 1 is 0.273 bits per heavy atom. The molecule has 0 rings (SSSR count). The van der Waals surface area contributed by atoms with Gasteiger partial charge in [0.2, 0.25) is 0 Å². The van der Waals surface area contributed by atoms with E-state index in [2.05, 4.69) is 130 Å². The Labute approximate surface area is 476 Å². The zero-order valence-electron chi connectivity index (χ0n) is 50.4. The predicted molar refractivity (Wildman–Crippen MR) is 334 cm³/mol. The van der Waals surface area contributed by atoms with Crippen molar-refractivity contribution in [3.63, 3.8) is 0 Å². The molecule has 0 aromatic rings. The molecule has 0 saturated heterocycles. The van der Waals surface area contributed by atoms with Crippen molar-refractivity contribution >= 4 is 17.9 Å². The van der Waals surface area contributed by atoms with Gasteiger partial charge < -0.3 is 14.2 Å². The molecule has 0 aliphatic rings. The zero-order chi connectivity index (χ0) is 55.7. The van der Waals surface area contributed by atoms with Crippen molar-refractivity contribution in [2.24, 2.45) is 0 Å². The van der Waals surface area contributed by atoms with E-state index in [-0.39, 0.29) is 31.1 Å². The van der Waals surface area contributed by atoms with Gasteiger partial charge in [-0.05, 0) is 109 Å². The third-order valence-electron chi connectivity index (χ3n) is 13.8. The Morgan fingerprint density at radius 3 is 0.805 bits per heavy atom. The highest BCUT2D eigenvalue weighted by atomic mass is 16.6. The van der Waals surface area contributed by atoms with Crippen LogP contribution in [-0.2, 0) is 28.6 Å². The van der Waals surface area contributed by atoms with Crippen molar-refractivity contribution in [3.8, 4) is 0 Å². The first kappa shape index (κ1) is 73.1. The van der Waals surface area contributed by atoms with Crippen LogP contribution in [0.4, 0.5) is 0 Å². The van der Waals surface area contributed by atoms with E-state index in [1.54, 1.807) is 0 Å². The number of unbranched alkanes of at least 4 members (excludes halogenated alkanes) is 29. The Bertz CT molecular complexity index is 1560. The molecule has 77 heavy (non-hydrogen) atoms. The van der Waals surface area contributed by atoms with Crippen molar-refractivity contribution < 1.29 is 28.6 Å². The highest BCUT2D eigenvalue weighted by molar-refractivity contribution is 5.71. The lowest BCUT2D eigenvalue weighted by atomic mass is 10.0. The lowest BCUT2D eigenvalue weighted by Crippen LogP contribution is -2.30. The van der Waals surface area contributed by atoms with Gasteiger partial charge >= 0.3 is 17.9 Å². The largest absolute Gasteiger partial charge is 0.462 e. The van der Waals surface area contributed by atoms with Crippen molar-refractivity contribution in [2.75, 3.05) is 13.2 Å². The lowest BCUT2D eigenvalue weighted by Gasteiger charge is -2.18. The fraction of sp³-hybridized carbons (Fsp3) is 0.704. The summed E-state index contributed by atoms with van der Waals surface area (Å²) in [7, 11) is 0. The number of carbonyl (C=O) groups excluding carboxylic acids is 3. The van der Waals surface area contributed by atoms with Crippen LogP contribution in [0.3, 0.4) is 0 Å². The summed E-state index contributed by atoms with van der Waals surface area (Å²) < 4.78 is 16.9. The van der Waals surface area contributed by atoms with Crippen LogP contribution >= 0.6 is 0 Å². The van der Waals surface area contributed by atoms with E-state index in [0.717, 1.165) is 135 Å². The number of allylic oxidation sites excluding steroid dienone is 18. The zero-order valence-corrected chi connectivity index (χ0v) is 50.4. The summed E-state index contributed by atoms with van der Waals surface area (Å²) in [6.07, 6.45) is 88.0. The maximum Gasteiger partial charge on any atom is 0.306 e. The number of esters is 3. The Balaban J connectivity index is 4.38. The fourth-order valence-corrected chi connectivity index (χ4v) is 8.92. The Kier molecular flexibility index (Phi) is 61.3. The molecule has 1 atom stereocenters.